The van der Waals surface area contributed by atoms with Gasteiger partial charge in [-0.25, -0.2) is 9.97 Å². The van der Waals surface area contributed by atoms with E-state index in [-0.39, 0.29) is 18.6 Å². The average Bonchev–Trinajstić information content (AvgIpc) is 3.34. The van der Waals surface area contributed by atoms with Crippen molar-refractivity contribution in [2.24, 2.45) is 11.1 Å². The van der Waals surface area contributed by atoms with Gasteiger partial charge in [-0.2, -0.15) is 0 Å². The number of aromatic nitrogens is 4. The number of anilines is 1. The number of aliphatic hydroxyl groups excluding tert-OH is 1. The maximum Gasteiger partial charge on any atom is 0.203 e. The van der Waals surface area contributed by atoms with Gasteiger partial charge in [0.2, 0.25) is 5.49 Å². The highest BCUT2D eigenvalue weighted by Crippen LogP contribution is 2.35. The van der Waals surface area contributed by atoms with E-state index in [1.54, 1.807) is 6.07 Å². The molecule has 0 bridgehead atoms. The monoisotopic (exact) mass is 436 g/mol. The van der Waals surface area contributed by atoms with Crippen LogP contribution in [0.15, 0.2) is 54.1 Å². The van der Waals surface area contributed by atoms with Gasteiger partial charge in [0.15, 0.2) is 6.23 Å². The second-order valence-corrected chi connectivity index (χ2v) is 7.80. The molecule has 1 aliphatic rings. The number of aliphatic hydroxyl groups is 1. The number of benzene rings is 1. The second kappa shape index (κ2) is 8.13. The molecule has 1 aromatic carbocycles. The molecule has 1 fully saturated rings. The van der Waals surface area contributed by atoms with E-state index in [2.05, 4.69) is 20.1 Å². The number of ether oxygens (including phenoxy) is 2. The third kappa shape index (κ3) is 3.53. The maximum absolute atomic E-state index is 10.9. The maximum atomic E-state index is 10.9. The molecule has 4 atom stereocenters. The topological polar surface area (TPSA) is 133 Å². The van der Waals surface area contributed by atoms with Gasteiger partial charge in [0.25, 0.3) is 0 Å². The number of pyridine rings is 1. The summed E-state index contributed by atoms with van der Waals surface area (Å²) < 4.78 is 14.0. The first-order valence-electron chi connectivity index (χ1n) is 10.3. The smallest absolute Gasteiger partial charge is 0.203 e. The number of nitrogens with zero attached hydrogens (tertiary/aromatic N) is 4. The quantitative estimate of drug-likeness (QED) is 0.407. The highest BCUT2D eigenvalue weighted by Gasteiger charge is 2.42. The summed E-state index contributed by atoms with van der Waals surface area (Å²) in [6.45, 7) is 2.24. The average molecular weight is 436 g/mol. The van der Waals surface area contributed by atoms with Gasteiger partial charge in [0.05, 0.1) is 23.3 Å². The van der Waals surface area contributed by atoms with E-state index in [0.29, 0.717) is 17.1 Å². The van der Waals surface area contributed by atoms with Crippen molar-refractivity contribution in [2.45, 2.75) is 25.4 Å². The van der Waals surface area contributed by atoms with Gasteiger partial charge in [-0.3, -0.25) is 0 Å². The van der Waals surface area contributed by atoms with Crippen molar-refractivity contribution in [2.75, 3.05) is 19.5 Å². The fourth-order valence-electron chi connectivity index (χ4n) is 4.04. The number of hydrogen-bond acceptors (Lipinski definition) is 8. The zero-order valence-corrected chi connectivity index (χ0v) is 17.7. The molecule has 0 radical (unpaired) electrons. The Balaban J connectivity index is 1.35. The minimum atomic E-state index is -0.721. The zero-order valence-electron chi connectivity index (χ0n) is 17.7. The number of rotatable bonds is 5. The minimum absolute atomic E-state index is 0.142. The van der Waals surface area contributed by atoms with Crippen molar-refractivity contribution in [3.8, 4) is 5.75 Å². The van der Waals surface area contributed by atoms with Crippen LogP contribution in [-0.2, 0) is 9.57 Å². The van der Waals surface area contributed by atoms with Gasteiger partial charge >= 0.3 is 0 Å². The van der Waals surface area contributed by atoms with E-state index in [1.807, 2.05) is 48.0 Å². The molecule has 0 amide bonds. The lowest BCUT2D eigenvalue weighted by molar-refractivity contribution is -0.0458. The molecule has 0 aliphatic carbocycles. The van der Waals surface area contributed by atoms with Crippen LogP contribution in [0.1, 0.15) is 13.2 Å². The standard InChI is InChI=1S/C22H24N6O4/c1-12-17(10-31-14-5-3-13-4-6-18(23)26-16(13)9-14)32-22(19(12)29)28-8-7-15-20(27-30-2)24-11-25-21(15)28/h3-9,11-12,17,19,22,29H,10H2,1-2H3,(H2,23,26)(H,24,25,27)/t12-,17+,19+,22+/m0/s1. The first-order chi connectivity index (χ1) is 15.5. The molecule has 3 aromatic heterocycles. The van der Waals surface area contributed by atoms with Crippen LogP contribution in [0.25, 0.3) is 21.9 Å². The predicted octanol–water partition coefficient (Wildman–Crippen LogP) is 1.93. The Kier molecular flexibility index (Phi) is 5.16. The predicted molar refractivity (Wildman–Crippen MR) is 117 cm³/mol. The molecule has 4 aromatic rings. The number of fused-ring (bicyclic) bond motifs is 2. The summed E-state index contributed by atoms with van der Waals surface area (Å²) in [6, 6.07) is 11.2. The molecule has 1 aliphatic heterocycles. The second-order valence-electron chi connectivity index (χ2n) is 7.80. The third-order valence-electron chi connectivity index (χ3n) is 5.83. The molecule has 1 saturated heterocycles. The fourth-order valence-corrected chi connectivity index (χ4v) is 4.04. The summed E-state index contributed by atoms with van der Waals surface area (Å²) in [5.41, 5.74) is 7.73. The number of nitrogen functional groups attached to an aromatic ring is 1. The van der Waals surface area contributed by atoms with Crippen LogP contribution < -0.4 is 16.0 Å². The fraction of sp³-hybridized carbons (Fsp3) is 0.318. The Morgan fingerprint density at radius 3 is 2.97 bits per heavy atom. The summed E-state index contributed by atoms with van der Waals surface area (Å²) >= 11 is 0. The van der Waals surface area contributed by atoms with Gasteiger partial charge in [0.1, 0.15) is 37.0 Å². The van der Waals surface area contributed by atoms with Crippen LogP contribution in [0.4, 0.5) is 5.82 Å². The van der Waals surface area contributed by atoms with E-state index < -0.39 is 12.3 Å². The Morgan fingerprint density at radius 2 is 2.12 bits per heavy atom. The summed E-state index contributed by atoms with van der Waals surface area (Å²) in [6.07, 6.45) is 1.76. The van der Waals surface area contributed by atoms with Crippen LogP contribution in [0.2, 0.25) is 0 Å². The zero-order chi connectivity index (χ0) is 22.2. The van der Waals surface area contributed by atoms with Gasteiger partial charge < -0.3 is 34.7 Å². The Labute approximate surface area is 183 Å². The Morgan fingerprint density at radius 1 is 1.28 bits per heavy atom. The van der Waals surface area contributed by atoms with Crippen molar-refractivity contribution in [3.05, 3.63) is 54.4 Å². The van der Waals surface area contributed by atoms with Crippen molar-refractivity contribution in [1.29, 1.82) is 0 Å². The van der Waals surface area contributed by atoms with Crippen LogP contribution in [-0.4, -0.2) is 50.6 Å². The molecule has 166 valence electrons. The number of nitrogens with one attached hydrogen (secondary N) is 1. The molecule has 0 unspecified atom stereocenters. The van der Waals surface area contributed by atoms with Gasteiger partial charge in [-0.15, -0.1) is 0 Å². The molecular formula is C22H24N6O4. The lowest BCUT2D eigenvalue weighted by Crippen LogP contribution is -2.27. The Hall–Kier alpha value is -3.63. The molecule has 0 spiro atoms. The lowest BCUT2D eigenvalue weighted by atomic mass is 10.0. The highest BCUT2D eigenvalue weighted by molar-refractivity contribution is 5.81. The SMILES string of the molecule is CO/N=c1\nc[nH]c2c1ccn2[C@@H]1O[C@H](COc2ccc3ccc(N)nc3c2)[C@H](C)[C@H]1O. The first-order valence-corrected chi connectivity index (χ1v) is 10.3. The molecule has 32 heavy (non-hydrogen) atoms. The highest BCUT2D eigenvalue weighted by atomic mass is 16.6. The summed E-state index contributed by atoms with van der Waals surface area (Å²) in [5.74, 6) is 0.985. The summed E-state index contributed by atoms with van der Waals surface area (Å²) in [4.78, 5) is 16.5. The van der Waals surface area contributed by atoms with Crippen molar-refractivity contribution in [1.82, 2.24) is 19.5 Å². The summed E-state index contributed by atoms with van der Waals surface area (Å²) in [7, 11) is 1.47. The van der Waals surface area contributed by atoms with E-state index >= 15 is 0 Å². The normalized spacial score (nSPS) is 23.8. The summed E-state index contributed by atoms with van der Waals surface area (Å²) in [5, 5.41) is 16.6. The van der Waals surface area contributed by atoms with Crippen molar-refractivity contribution in [3.63, 3.8) is 0 Å². The van der Waals surface area contributed by atoms with E-state index in [1.165, 1.54) is 13.4 Å². The number of H-pyrrole nitrogens is 1. The number of hydrogen-bond donors (Lipinski definition) is 3. The van der Waals surface area contributed by atoms with Crippen LogP contribution in [0.3, 0.4) is 0 Å². The van der Waals surface area contributed by atoms with Crippen LogP contribution >= 0.6 is 0 Å². The molecule has 4 heterocycles. The minimum Gasteiger partial charge on any atom is -0.491 e. The van der Waals surface area contributed by atoms with Crippen LogP contribution in [0.5, 0.6) is 5.75 Å². The third-order valence-corrected chi connectivity index (χ3v) is 5.83. The van der Waals surface area contributed by atoms with E-state index in [9.17, 15) is 5.11 Å². The van der Waals surface area contributed by atoms with Gasteiger partial charge in [-0.1, -0.05) is 12.1 Å². The molecule has 10 nitrogen and oxygen atoms in total. The van der Waals surface area contributed by atoms with Gasteiger partial charge in [-0.05, 0) is 30.3 Å². The van der Waals surface area contributed by atoms with E-state index in [4.69, 9.17) is 20.0 Å². The number of aromatic amines is 1. The van der Waals surface area contributed by atoms with Crippen molar-refractivity contribution >= 4 is 27.8 Å². The largest absolute Gasteiger partial charge is 0.491 e. The van der Waals surface area contributed by atoms with Gasteiger partial charge in [0, 0.05) is 23.6 Å². The molecule has 0 saturated carbocycles. The van der Waals surface area contributed by atoms with Crippen molar-refractivity contribution < 1.29 is 19.4 Å². The molecule has 5 rings (SSSR count). The lowest BCUT2D eigenvalue weighted by Gasteiger charge is -2.18. The molecule has 4 N–H and O–H groups in total. The van der Waals surface area contributed by atoms with Crippen LogP contribution in [0, 0.1) is 5.92 Å². The first kappa shape index (κ1) is 20.3. The molecular weight excluding hydrogens is 412 g/mol. The number of nitrogens with two attached hydrogens (primary N) is 1. The van der Waals surface area contributed by atoms with E-state index in [0.717, 1.165) is 21.9 Å². The Bertz CT molecular complexity index is 1330. The molecule has 10 heteroatoms.